The molecule has 25 heavy (non-hydrogen) atoms. The van der Waals surface area contributed by atoms with Crippen LogP contribution in [0.4, 0.5) is 8.78 Å². The fourth-order valence-electron chi connectivity index (χ4n) is 2.19. The molecule has 0 aromatic heterocycles. The quantitative estimate of drug-likeness (QED) is 0.707. The molecule has 2 aromatic carbocycles. The minimum absolute atomic E-state index is 0.0270. The van der Waals surface area contributed by atoms with Gasteiger partial charge in [0.15, 0.2) is 0 Å². The van der Waals surface area contributed by atoms with Crippen LogP contribution in [-0.4, -0.2) is 24.8 Å². The van der Waals surface area contributed by atoms with E-state index in [2.05, 4.69) is 36.0 Å². The Labute approximate surface area is 150 Å². The number of carbonyl (C=O) groups is 1. The summed E-state index contributed by atoms with van der Waals surface area (Å²) in [4.78, 5) is 13.0. The van der Waals surface area contributed by atoms with Gasteiger partial charge in [-0.25, -0.2) is 0 Å². The predicted octanol–water partition coefficient (Wildman–Crippen LogP) is 4.36. The monoisotopic (exact) mass is 365 g/mol. The number of ether oxygens (including phenoxy) is 1. The lowest BCUT2D eigenvalue weighted by Crippen LogP contribution is -2.27. The largest absolute Gasteiger partial charge is 0.435 e. The highest BCUT2D eigenvalue weighted by Crippen LogP contribution is 2.20. The zero-order chi connectivity index (χ0) is 18.2. The second-order valence-corrected chi connectivity index (χ2v) is 6.71. The summed E-state index contributed by atoms with van der Waals surface area (Å²) < 4.78 is 28.5. The third kappa shape index (κ3) is 6.74. The van der Waals surface area contributed by atoms with Crippen molar-refractivity contribution in [1.82, 2.24) is 5.32 Å². The molecule has 0 atom stereocenters. The van der Waals surface area contributed by atoms with Crippen LogP contribution in [0.25, 0.3) is 0 Å². The Bertz CT molecular complexity index is 705. The van der Waals surface area contributed by atoms with Crippen LogP contribution < -0.4 is 10.1 Å². The molecule has 0 bridgehead atoms. The van der Waals surface area contributed by atoms with E-state index in [9.17, 15) is 13.6 Å². The maximum absolute atomic E-state index is 12.1. The van der Waals surface area contributed by atoms with Gasteiger partial charge in [0, 0.05) is 11.4 Å². The van der Waals surface area contributed by atoms with Gasteiger partial charge in [-0.2, -0.15) is 8.78 Å². The third-order valence-electron chi connectivity index (χ3n) is 3.73. The number of carbonyl (C=O) groups excluding carboxylic acids is 1. The normalized spacial score (nSPS) is 10.8. The van der Waals surface area contributed by atoms with Crippen LogP contribution in [0.5, 0.6) is 5.75 Å². The van der Waals surface area contributed by atoms with E-state index in [4.69, 9.17) is 0 Å². The molecule has 0 spiro atoms. The van der Waals surface area contributed by atoms with E-state index >= 15 is 0 Å². The molecule has 134 valence electrons. The molecule has 1 N–H and O–H groups in total. The van der Waals surface area contributed by atoms with Crippen LogP contribution in [-0.2, 0) is 11.2 Å². The summed E-state index contributed by atoms with van der Waals surface area (Å²) in [5.74, 6) is 0.470. The van der Waals surface area contributed by atoms with Gasteiger partial charge in [0.2, 0.25) is 5.91 Å². The lowest BCUT2D eigenvalue weighted by atomic mass is 10.1. The molecule has 6 heteroatoms. The fourth-order valence-corrected chi connectivity index (χ4v) is 3.01. The topological polar surface area (TPSA) is 38.3 Å². The number of hydrogen-bond acceptors (Lipinski definition) is 3. The highest BCUT2D eigenvalue weighted by Gasteiger charge is 2.05. The number of alkyl halides is 2. The minimum Gasteiger partial charge on any atom is -0.435 e. The van der Waals surface area contributed by atoms with Crippen molar-refractivity contribution in [2.75, 3.05) is 12.3 Å². The Morgan fingerprint density at radius 2 is 1.84 bits per heavy atom. The highest BCUT2D eigenvalue weighted by atomic mass is 32.2. The Morgan fingerprint density at radius 3 is 2.48 bits per heavy atom. The minimum atomic E-state index is -2.82. The Morgan fingerprint density at radius 1 is 1.12 bits per heavy atom. The van der Waals surface area contributed by atoms with Crippen LogP contribution in [0.15, 0.2) is 47.4 Å². The van der Waals surface area contributed by atoms with Gasteiger partial charge in [-0.05, 0) is 61.2 Å². The average molecular weight is 365 g/mol. The molecule has 0 unspecified atom stereocenters. The number of aryl methyl sites for hydroxylation is 2. The first-order valence-corrected chi connectivity index (χ1v) is 8.93. The Balaban J connectivity index is 1.70. The van der Waals surface area contributed by atoms with Crippen molar-refractivity contribution in [3.05, 3.63) is 59.2 Å². The van der Waals surface area contributed by atoms with Crippen LogP contribution in [0.1, 0.15) is 16.7 Å². The maximum atomic E-state index is 12.1. The number of hydrogen-bond donors (Lipinski definition) is 1. The van der Waals surface area contributed by atoms with E-state index in [1.165, 1.54) is 35.0 Å². The van der Waals surface area contributed by atoms with Gasteiger partial charge in [0.05, 0.1) is 5.75 Å². The van der Waals surface area contributed by atoms with Gasteiger partial charge in [-0.3, -0.25) is 4.79 Å². The summed E-state index contributed by atoms with van der Waals surface area (Å²) >= 11 is 1.51. The van der Waals surface area contributed by atoms with Crippen molar-refractivity contribution in [2.24, 2.45) is 0 Å². The van der Waals surface area contributed by atoms with Gasteiger partial charge in [-0.15, -0.1) is 11.8 Å². The number of benzene rings is 2. The van der Waals surface area contributed by atoms with Crippen molar-refractivity contribution < 1.29 is 18.3 Å². The lowest BCUT2D eigenvalue weighted by molar-refractivity contribution is -0.118. The summed E-state index contributed by atoms with van der Waals surface area (Å²) in [5.41, 5.74) is 3.40. The zero-order valence-electron chi connectivity index (χ0n) is 14.2. The first-order chi connectivity index (χ1) is 11.9. The molecule has 0 aliphatic heterocycles. The van der Waals surface area contributed by atoms with E-state index in [0.717, 1.165) is 10.5 Å². The standard InChI is InChI=1S/C19H21F2NO2S/c1-13-3-8-17(11-14(13)2)25-12-18(23)22-10-9-15-4-6-16(7-5-15)24-19(20)21/h3-8,11,19H,9-10,12H2,1-2H3,(H,22,23). The molecule has 0 radical (unpaired) electrons. The van der Waals surface area contributed by atoms with Crippen molar-refractivity contribution in [1.29, 1.82) is 0 Å². The van der Waals surface area contributed by atoms with E-state index in [1.54, 1.807) is 12.1 Å². The SMILES string of the molecule is Cc1ccc(SCC(=O)NCCc2ccc(OC(F)F)cc2)cc1C. The molecule has 0 aliphatic rings. The highest BCUT2D eigenvalue weighted by molar-refractivity contribution is 8.00. The smallest absolute Gasteiger partial charge is 0.387 e. The summed E-state index contributed by atoms with van der Waals surface area (Å²) in [6, 6.07) is 12.6. The van der Waals surface area contributed by atoms with Crippen molar-refractivity contribution in [3.8, 4) is 5.75 Å². The molecular formula is C19H21F2NO2S. The molecule has 0 fully saturated rings. The second-order valence-electron chi connectivity index (χ2n) is 5.66. The summed E-state index contributed by atoms with van der Waals surface area (Å²) in [6.45, 7) is 1.79. The predicted molar refractivity (Wildman–Crippen MR) is 96.4 cm³/mol. The average Bonchev–Trinajstić information content (AvgIpc) is 2.57. The van der Waals surface area contributed by atoms with Gasteiger partial charge >= 0.3 is 6.61 Å². The summed E-state index contributed by atoms with van der Waals surface area (Å²) in [7, 11) is 0. The van der Waals surface area contributed by atoms with Crippen LogP contribution in [0, 0.1) is 13.8 Å². The molecule has 2 rings (SSSR count). The van der Waals surface area contributed by atoms with E-state index in [-0.39, 0.29) is 11.7 Å². The Kier molecular flexibility index (Phi) is 7.25. The number of amides is 1. The molecule has 0 saturated heterocycles. The lowest BCUT2D eigenvalue weighted by Gasteiger charge is -2.08. The van der Waals surface area contributed by atoms with Crippen molar-refractivity contribution in [2.45, 2.75) is 31.8 Å². The van der Waals surface area contributed by atoms with Crippen LogP contribution in [0.2, 0.25) is 0 Å². The molecule has 0 saturated carbocycles. The first kappa shape index (κ1) is 19.2. The van der Waals surface area contributed by atoms with E-state index in [0.29, 0.717) is 18.7 Å². The van der Waals surface area contributed by atoms with Gasteiger partial charge < -0.3 is 10.1 Å². The Hall–Kier alpha value is -2.08. The molecule has 2 aromatic rings. The van der Waals surface area contributed by atoms with Crippen LogP contribution in [0.3, 0.4) is 0 Å². The summed E-state index contributed by atoms with van der Waals surface area (Å²) in [6.07, 6.45) is 0.634. The zero-order valence-corrected chi connectivity index (χ0v) is 15.0. The van der Waals surface area contributed by atoms with Crippen molar-refractivity contribution >= 4 is 17.7 Å². The molecule has 3 nitrogen and oxygen atoms in total. The van der Waals surface area contributed by atoms with Crippen molar-refractivity contribution in [3.63, 3.8) is 0 Å². The summed E-state index contributed by atoms with van der Waals surface area (Å²) in [5, 5.41) is 2.86. The van der Waals surface area contributed by atoms with Gasteiger partial charge in [0.25, 0.3) is 0 Å². The van der Waals surface area contributed by atoms with E-state index < -0.39 is 6.61 Å². The maximum Gasteiger partial charge on any atom is 0.387 e. The number of rotatable bonds is 8. The second kappa shape index (κ2) is 9.42. The first-order valence-electron chi connectivity index (χ1n) is 7.94. The van der Waals surface area contributed by atoms with Gasteiger partial charge in [0.1, 0.15) is 5.75 Å². The third-order valence-corrected chi connectivity index (χ3v) is 4.73. The molecular weight excluding hydrogens is 344 g/mol. The molecule has 1 amide bonds. The van der Waals surface area contributed by atoms with E-state index in [1.807, 2.05) is 6.07 Å². The molecule has 0 aliphatic carbocycles. The van der Waals surface area contributed by atoms with Gasteiger partial charge in [-0.1, -0.05) is 18.2 Å². The molecule has 0 heterocycles. The fraction of sp³-hybridized carbons (Fsp3) is 0.316. The number of nitrogens with one attached hydrogen (secondary N) is 1. The number of thioether (sulfide) groups is 1. The van der Waals surface area contributed by atoms with Crippen LogP contribution >= 0.6 is 11.8 Å². The number of halogens is 2.